The van der Waals surface area contributed by atoms with Crippen LogP contribution in [0, 0.1) is 0 Å². The van der Waals surface area contributed by atoms with E-state index in [4.69, 9.17) is 0 Å². The first-order chi connectivity index (χ1) is 6.59. The van der Waals surface area contributed by atoms with Gasteiger partial charge in [-0.1, -0.05) is 6.92 Å². The van der Waals surface area contributed by atoms with Crippen molar-refractivity contribution >= 4 is 5.97 Å². The van der Waals surface area contributed by atoms with Gasteiger partial charge in [0.05, 0.1) is 12.7 Å². The average molecular weight is 201 g/mol. The fourth-order valence-corrected chi connectivity index (χ4v) is 1.72. The van der Waals surface area contributed by atoms with Crippen LogP contribution in [0.15, 0.2) is 0 Å². The molecule has 0 amide bonds. The molecule has 4 heteroatoms. The molecule has 82 valence electrons. The Bertz CT molecular complexity index is 200. The number of β-amino-alcohol motifs (C(OH)–C–C–N with tert-alkyl or cyclic N) is 1. The first-order valence-corrected chi connectivity index (χ1v) is 5.11. The highest BCUT2D eigenvalue weighted by Crippen LogP contribution is 2.23. The van der Waals surface area contributed by atoms with Crippen LogP contribution in [0.4, 0.5) is 0 Å². The molecular formula is C10H19NO3. The van der Waals surface area contributed by atoms with E-state index in [2.05, 4.69) is 9.64 Å². The van der Waals surface area contributed by atoms with E-state index in [0.29, 0.717) is 6.42 Å². The smallest absolute Gasteiger partial charge is 0.305 e. The summed E-state index contributed by atoms with van der Waals surface area (Å²) >= 11 is 0. The van der Waals surface area contributed by atoms with Crippen molar-refractivity contribution in [1.82, 2.24) is 4.90 Å². The van der Waals surface area contributed by atoms with Gasteiger partial charge in [-0.15, -0.1) is 0 Å². The molecule has 14 heavy (non-hydrogen) atoms. The lowest BCUT2D eigenvalue weighted by molar-refractivity contribution is -0.141. The van der Waals surface area contributed by atoms with Crippen molar-refractivity contribution in [2.24, 2.45) is 0 Å². The van der Waals surface area contributed by atoms with Crippen molar-refractivity contribution in [2.75, 3.05) is 26.7 Å². The van der Waals surface area contributed by atoms with E-state index in [1.54, 1.807) is 0 Å². The van der Waals surface area contributed by atoms with Crippen molar-refractivity contribution in [1.29, 1.82) is 0 Å². The molecule has 1 saturated heterocycles. The lowest BCUT2D eigenvalue weighted by atomic mass is 9.91. The van der Waals surface area contributed by atoms with Gasteiger partial charge >= 0.3 is 5.97 Å². The van der Waals surface area contributed by atoms with E-state index in [9.17, 15) is 9.90 Å². The van der Waals surface area contributed by atoms with E-state index in [-0.39, 0.29) is 5.97 Å². The normalized spacial score (nSPS) is 20.2. The number of carbonyl (C=O) groups excluding carboxylic acids is 1. The molecule has 1 rings (SSSR count). The van der Waals surface area contributed by atoms with Crippen LogP contribution in [0.5, 0.6) is 0 Å². The Morgan fingerprint density at radius 2 is 2.21 bits per heavy atom. The number of carbonyl (C=O) groups is 1. The van der Waals surface area contributed by atoms with Gasteiger partial charge in [-0.25, -0.2) is 0 Å². The van der Waals surface area contributed by atoms with Gasteiger partial charge in [0.2, 0.25) is 0 Å². The number of esters is 1. The highest BCUT2D eigenvalue weighted by molar-refractivity contribution is 5.69. The second-order valence-corrected chi connectivity index (χ2v) is 3.97. The molecule has 0 bridgehead atoms. The van der Waals surface area contributed by atoms with Gasteiger partial charge in [-0.05, 0) is 19.4 Å². The predicted octanol–water partition coefficient (Wildman–Crippen LogP) is 0.396. The van der Waals surface area contributed by atoms with Crippen LogP contribution >= 0.6 is 0 Å². The fraction of sp³-hybridized carbons (Fsp3) is 0.900. The number of methoxy groups -OCH3 is 1. The van der Waals surface area contributed by atoms with Gasteiger partial charge < -0.3 is 9.84 Å². The molecule has 0 saturated carbocycles. The Balaban J connectivity index is 2.04. The van der Waals surface area contributed by atoms with Crippen molar-refractivity contribution in [3.8, 4) is 0 Å². The quantitative estimate of drug-likeness (QED) is 0.654. The topological polar surface area (TPSA) is 49.8 Å². The van der Waals surface area contributed by atoms with Gasteiger partial charge in [0, 0.05) is 19.5 Å². The fourth-order valence-electron chi connectivity index (χ4n) is 1.72. The van der Waals surface area contributed by atoms with Crippen LogP contribution in [-0.4, -0.2) is 48.3 Å². The minimum absolute atomic E-state index is 0.156. The molecule has 0 aromatic rings. The third kappa shape index (κ3) is 2.96. The number of rotatable bonds is 5. The molecule has 0 spiro atoms. The number of ether oxygens (including phenoxy) is 1. The Kier molecular flexibility index (Phi) is 3.89. The minimum Gasteiger partial charge on any atom is -0.469 e. The Morgan fingerprint density at radius 1 is 1.57 bits per heavy atom. The summed E-state index contributed by atoms with van der Waals surface area (Å²) in [5.41, 5.74) is -0.467. The SMILES string of the molecule is CCC1(O)CN(CCCC(=O)OC)C1. The number of nitrogens with zero attached hydrogens (tertiary/aromatic N) is 1. The Hall–Kier alpha value is -0.610. The predicted molar refractivity (Wildman–Crippen MR) is 52.9 cm³/mol. The van der Waals surface area contributed by atoms with Crippen LogP contribution in [-0.2, 0) is 9.53 Å². The monoisotopic (exact) mass is 201 g/mol. The molecule has 0 unspecified atom stereocenters. The maximum absolute atomic E-state index is 10.8. The van der Waals surface area contributed by atoms with Crippen molar-refractivity contribution in [3.05, 3.63) is 0 Å². The summed E-state index contributed by atoms with van der Waals surface area (Å²) in [6.45, 7) is 4.35. The van der Waals surface area contributed by atoms with Crippen molar-refractivity contribution < 1.29 is 14.6 Å². The molecule has 1 heterocycles. The zero-order valence-electron chi connectivity index (χ0n) is 8.95. The molecule has 0 radical (unpaired) electrons. The summed E-state index contributed by atoms with van der Waals surface area (Å²) in [5.74, 6) is -0.156. The van der Waals surface area contributed by atoms with E-state index < -0.39 is 5.60 Å². The summed E-state index contributed by atoms with van der Waals surface area (Å²) in [5, 5.41) is 9.71. The number of hydrogen-bond acceptors (Lipinski definition) is 4. The zero-order valence-corrected chi connectivity index (χ0v) is 8.95. The number of aliphatic hydroxyl groups is 1. The van der Waals surface area contributed by atoms with Gasteiger partial charge in [-0.3, -0.25) is 9.69 Å². The second-order valence-electron chi connectivity index (χ2n) is 3.97. The molecule has 1 aliphatic rings. The molecular weight excluding hydrogens is 182 g/mol. The van der Waals surface area contributed by atoms with Gasteiger partial charge in [-0.2, -0.15) is 0 Å². The molecule has 1 aliphatic heterocycles. The maximum Gasteiger partial charge on any atom is 0.305 e. The lowest BCUT2D eigenvalue weighted by Crippen LogP contribution is -2.61. The molecule has 0 aromatic heterocycles. The summed E-state index contributed by atoms with van der Waals surface area (Å²) < 4.78 is 4.54. The van der Waals surface area contributed by atoms with E-state index >= 15 is 0 Å². The highest BCUT2D eigenvalue weighted by atomic mass is 16.5. The number of hydrogen-bond donors (Lipinski definition) is 1. The van der Waals surface area contributed by atoms with Crippen LogP contribution in [0.25, 0.3) is 0 Å². The summed E-state index contributed by atoms with van der Waals surface area (Å²) in [6.07, 6.45) is 2.09. The standard InChI is InChI=1S/C10H19NO3/c1-3-10(13)7-11(8-10)6-4-5-9(12)14-2/h13H,3-8H2,1-2H3. The first kappa shape index (κ1) is 11.5. The summed E-state index contributed by atoms with van der Waals surface area (Å²) in [4.78, 5) is 13.0. The van der Waals surface area contributed by atoms with Crippen LogP contribution < -0.4 is 0 Å². The van der Waals surface area contributed by atoms with Crippen LogP contribution in [0.2, 0.25) is 0 Å². The first-order valence-electron chi connectivity index (χ1n) is 5.11. The molecule has 0 aliphatic carbocycles. The largest absolute Gasteiger partial charge is 0.469 e. The summed E-state index contributed by atoms with van der Waals surface area (Å²) in [7, 11) is 1.40. The Morgan fingerprint density at radius 3 is 2.71 bits per heavy atom. The molecule has 0 aromatic carbocycles. The van der Waals surface area contributed by atoms with Crippen LogP contribution in [0.1, 0.15) is 26.2 Å². The maximum atomic E-state index is 10.8. The zero-order chi connectivity index (χ0) is 10.6. The second kappa shape index (κ2) is 4.75. The minimum atomic E-state index is -0.467. The molecule has 0 atom stereocenters. The van der Waals surface area contributed by atoms with E-state index in [1.807, 2.05) is 6.92 Å². The molecule has 4 nitrogen and oxygen atoms in total. The Labute approximate surface area is 84.8 Å². The highest BCUT2D eigenvalue weighted by Gasteiger charge is 2.38. The van der Waals surface area contributed by atoms with E-state index in [0.717, 1.165) is 32.5 Å². The van der Waals surface area contributed by atoms with Crippen LogP contribution in [0.3, 0.4) is 0 Å². The van der Waals surface area contributed by atoms with Gasteiger partial charge in [0.1, 0.15) is 0 Å². The van der Waals surface area contributed by atoms with E-state index in [1.165, 1.54) is 7.11 Å². The lowest BCUT2D eigenvalue weighted by Gasteiger charge is -2.46. The van der Waals surface area contributed by atoms with Crippen molar-refractivity contribution in [2.45, 2.75) is 31.8 Å². The summed E-state index contributed by atoms with van der Waals surface area (Å²) in [6, 6.07) is 0. The third-order valence-corrected chi connectivity index (χ3v) is 2.78. The third-order valence-electron chi connectivity index (χ3n) is 2.78. The molecule has 1 fully saturated rings. The van der Waals surface area contributed by atoms with Gasteiger partial charge in [0.25, 0.3) is 0 Å². The van der Waals surface area contributed by atoms with Gasteiger partial charge in [0.15, 0.2) is 0 Å². The molecule has 1 N–H and O–H groups in total. The van der Waals surface area contributed by atoms with Crippen molar-refractivity contribution in [3.63, 3.8) is 0 Å². The number of likely N-dealkylation sites (tertiary alicyclic amines) is 1. The average Bonchev–Trinajstić information content (AvgIpc) is 2.14.